The minimum atomic E-state index is 0.731. The third-order valence-corrected chi connectivity index (χ3v) is 2.42. The van der Waals surface area contributed by atoms with Gasteiger partial charge in [0, 0.05) is 5.56 Å². The van der Waals surface area contributed by atoms with Crippen LogP contribution in [0.3, 0.4) is 0 Å². The maximum absolute atomic E-state index is 5.14. The predicted octanol–water partition coefficient (Wildman–Crippen LogP) is 2.91. The lowest BCUT2D eigenvalue weighted by atomic mass is 10.1. The largest absolute Gasteiger partial charge is 0.497 e. The Labute approximate surface area is 96.2 Å². The Morgan fingerprint density at radius 1 is 1.13 bits per heavy atom. The van der Waals surface area contributed by atoms with Crippen molar-refractivity contribution in [2.24, 2.45) is 0 Å². The van der Waals surface area contributed by atoms with Crippen LogP contribution in [0.2, 0.25) is 0 Å². The molecule has 2 rings (SSSR count). The summed E-state index contributed by atoms with van der Waals surface area (Å²) >= 11 is 3.25. The lowest BCUT2D eigenvalue weighted by Gasteiger charge is -2.02. The maximum atomic E-state index is 5.14. The molecular weight excluding hydrogens is 256 g/mol. The van der Waals surface area contributed by atoms with Crippen molar-refractivity contribution in [3.63, 3.8) is 0 Å². The van der Waals surface area contributed by atoms with E-state index in [4.69, 9.17) is 4.74 Å². The summed E-state index contributed by atoms with van der Waals surface area (Å²) in [6.07, 6.45) is 0. The van der Waals surface area contributed by atoms with Crippen molar-refractivity contribution in [2.45, 2.75) is 0 Å². The molecule has 0 fully saturated rings. The summed E-state index contributed by atoms with van der Waals surface area (Å²) in [5.41, 5.74) is 1.83. The molecule has 0 atom stereocenters. The fourth-order valence-corrected chi connectivity index (χ4v) is 1.46. The molecule has 3 nitrogen and oxygen atoms in total. The first kappa shape index (κ1) is 10.1. The molecule has 0 bridgehead atoms. The second kappa shape index (κ2) is 4.40. The van der Waals surface area contributed by atoms with E-state index in [2.05, 4.69) is 26.1 Å². The van der Waals surface area contributed by atoms with Crippen molar-refractivity contribution in [3.8, 4) is 17.0 Å². The molecular formula is C11H9BrN2O. The lowest BCUT2D eigenvalue weighted by molar-refractivity contribution is 0.415. The summed E-state index contributed by atoms with van der Waals surface area (Å²) in [6.45, 7) is 0. The van der Waals surface area contributed by atoms with Crippen LogP contribution in [0.15, 0.2) is 41.0 Å². The quantitative estimate of drug-likeness (QED) is 0.837. The van der Waals surface area contributed by atoms with Crippen molar-refractivity contribution in [2.75, 3.05) is 7.11 Å². The molecule has 0 amide bonds. The molecule has 4 heteroatoms. The SMILES string of the molecule is COc1cccc(-c2ccc(Br)nn2)c1. The maximum Gasteiger partial charge on any atom is 0.128 e. The zero-order valence-electron chi connectivity index (χ0n) is 8.14. The van der Waals surface area contributed by atoms with Gasteiger partial charge in [0.1, 0.15) is 10.4 Å². The van der Waals surface area contributed by atoms with Crippen LogP contribution >= 0.6 is 15.9 Å². The third kappa shape index (κ3) is 2.33. The van der Waals surface area contributed by atoms with Crippen LogP contribution in [-0.4, -0.2) is 17.3 Å². The molecule has 0 spiro atoms. The monoisotopic (exact) mass is 264 g/mol. The fourth-order valence-electron chi connectivity index (χ4n) is 1.25. The van der Waals surface area contributed by atoms with E-state index in [1.165, 1.54) is 0 Å². The highest BCUT2D eigenvalue weighted by atomic mass is 79.9. The van der Waals surface area contributed by atoms with Gasteiger partial charge in [0.25, 0.3) is 0 Å². The van der Waals surface area contributed by atoms with E-state index in [-0.39, 0.29) is 0 Å². The first-order chi connectivity index (χ1) is 7.29. The van der Waals surface area contributed by atoms with Crippen molar-refractivity contribution < 1.29 is 4.74 Å². The third-order valence-electron chi connectivity index (χ3n) is 2.00. The topological polar surface area (TPSA) is 35.0 Å². The zero-order chi connectivity index (χ0) is 10.7. The normalized spacial score (nSPS) is 10.0. The molecule has 0 aliphatic heterocycles. The van der Waals surface area contributed by atoms with E-state index in [1.54, 1.807) is 7.11 Å². The lowest BCUT2D eigenvalue weighted by Crippen LogP contribution is -1.88. The van der Waals surface area contributed by atoms with Gasteiger partial charge in [-0.3, -0.25) is 0 Å². The molecule has 0 unspecified atom stereocenters. The molecule has 0 saturated carbocycles. The van der Waals surface area contributed by atoms with Crippen LogP contribution in [0.5, 0.6) is 5.75 Å². The number of ether oxygens (including phenoxy) is 1. The predicted molar refractivity (Wildman–Crippen MR) is 61.7 cm³/mol. The van der Waals surface area contributed by atoms with E-state index >= 15 is 0 Å². The Bertz CT molecular complexity index is 456. The van der Waals surface area contributed by atoms with E-state index in [9.17, 15) is 0 Å². The molecule has 0 aliphatic rings. The minimum absolute atomic E-state index is 0.731. The molecule has 1 aromatic heterocycles. The summed E-state index contributed by atoms with van der Waals surface area (Å²) in [7, 11) is 1.65. The highest BCUT2D eigenvalue weighted by Crippen LogP contribution is 2.21. The van der Waals surface area contributed by atoms with Gasteiger partial charge in [0.2, 0.25) is 0 Å². The number of hydrogen-bond donors (Lipinski definition) is 0. The molecule has 0 saturated heterocycles. The van der Waals surface area contributed by atoms with Crippen molar-refractivity contribution in [1.82, 2.24) is 10.2 Å². The Morgan fingerprint density at radius 2 is 2.00 bits per heavy atom. The number of nitrogens with zero attached hydrogens (tertiary/aromatic N) is 2. The van der Waals surface area contributed by atoms with Gasteiger partial charge in [0.05, 0.1) is 12.8 Å². The van der Waals surface area contributed by atoms with Crippen molar-refractivity contribution >= 4 is 15.9 Å². The summed E-state index contributed by atoms with van der Waals surface area (Å²) in [5, 5.41) is 8.01. The summed E-state index contributed by atoms with van der Waals surface area (Å²) in [6, 6.07) is 11.5. The average molecular weight is 265 g/mol. The van der Waals surface area contributed by atoms with E-state index in [0.29, 0.717) is 0 Å². The Morgan fingerprint density at radius 3 is 2.67 bits per heavy atom. The van der Waals surface area contributed by atoms with Crippen LogP contribution in [-0.2, 0) is 0 Å². The van der Waals surface area contributed by atoms with Crippen LogP contribution in [0.25, 0.3) is 11.3 Å². The number of rotatable bonds is 2. The Hall–Kier alpha value is -1.42. The number of methoxy groups -OCH3 is 1. The number of hydrogen-bond acceptors (Lipinski definition) is 3. The fraction of sp³-hybridized carbons (Fsp3) is 0.0909. The average Bonchev–Trinajstić information content (AvgIpc) is 2.30. The molecule has 0 radical (unpaired) electrons. The van der Waals surface area contributed by atoms with Crippen LogP contribution < -0.4 is 4.74 Å². The number of aromatic nitrogens is 2. The van der Waals surface area contributed by atoms with Crippen LogP contribution in [0.1, 0.15) is 0 Å². The van der Waals surface area contributed by atoms with Crippen LogP contribution in [0.4, 0.5) is 0 Å². The smallest absolute Gasteiger partial charge is 0.128 e. The van der Waals surface area contributed by atoms with Gasteiger partial charge in [-0.1, -0.05) is 12.1 Å². The minimum Gasteiger partial charge on any atom is -0.497 e. The molecule has 76 valence electrons. The Kier molecular flexibility index (Phi) is 2.97. The molecule has 0 N–H and O–H groups in total. The highest BCUT2D eigenvalue weighted by Gasteiger charge is 2.01. The van der Waals surface area contributed by atoms with Crippen molar-refractivity contribution in [3.05, 3.63) is 41.0 Å². The van der Waals surface area contributed by atoms with E-state index in [1.807, 2.05) is 36.4 Å². The number of halogens is 1. The number of benzene rings is 1. The summed E-state index contributed by atoms with van der Waals surface area (Å²) < 4.78 is 5.87. The standard InChI is InChI=1S/C11H9BrN2O/c1-15-9-4-2-3-8(7-9)10-5-6-11(12)14-13-10/h2-7H,1H3. The van der Waals surface area contributed by atoms with E-state index < -0.39 is 0 Å². The molecule has 15 heavy (non-hydrogen) atoms. The van der Waals surface area contributed by atoms with Gasteiger partial charge in [-0.05, 0) is 40.2 Å². The summed E-state index contributed by atoms with van der Waals surface area (Å²) in [5.74, 6) is 0.817. The van der Waals surface area contributed by atoms with Crippen molar-refractivity contribution in [1.29, 1.82) is 0 Å². The van der Waals surface area contributed by atoms with Gasteiger partial charge < -0.3 is 4.74 Å². The highest BCUT2D eigenvalue weighted by molar-refractivity contribution is 9.10. The Balaban J connectivity index is 2.40. The molecule has 1 heterocycles. The van der Waals surface area contributed by atoms with Gasteiger partial charge in [-0.15, -0.1) is 10.2 Å². The second-order valence-corrected chi connectivity index (χ2v) is 3.79. The zero-order valence-corrected chi connectivity index (χ0v) is 9.73. The molecule has 0 aliphatic carbocycles. The van der Waals surface area contributed by atoms with Gasteiger partial charge in [-0.2, -0.15) is 0 Å². The second-order valence-electron chi connectivity index (χ2n) is 2.97. The molecule has 2 aromatic rings. The van der Waals surface area contributed by atoms with E-state index in [0.717, 1.165) is 21.6 Å². The van der Waals surface area contributed by atoms with Gasteiger partial charge >= 0.3 is 0 Å². The van der Waals surface area contributed by atoms with Crippen LogP contribution in [0, 0.1) is 0 Å². The van der Waals surface area contributed by atoms with Gasteiger partial charge in [-0.25, -0.2) is 0 Å². The molecule has 1 aromatic carbocycles. The first-order valence-corrected chi connectivity index (χ1v) is 5.22. The van der Waals surface area contributed by atoms with Gasteiger partial charge in [0.15, 0.2) is 0 Å². The first-order valence-electron chi connectivity index (χ1n) is 4.43. The summed E-state index contributed by atoms with van der Waals surface area (Å²) in [4.78, 5) is 0.